The average molecular weight is 440 g/mol. The number of amides is 1. The Balaban J connectivity index is 1.39. The lowest BCUT2D eigenvalue weighted by molar-refractivity contribution is -0.117. The van der Waals surface area contributed by atoms with E-state index < -0.39 is 0 Å². The van der Waals surface area contributed by atoms with E-state index >= 15 is 0 Å². The third-order valence-corrected chi connectivity index (χ3v) is 6.50. The molecule has 1 amide bonds. The summed E-state index contributed by atoms with van der Waals surface area (Å²) in [7, 11) is 0. The number of nitrogens with zero attached hydrogens (tertiary/aromatic N) is 3. The van der Waals surface area contributed by atoms with E-state index in [1.54, 1.807) is 0 Å². The van der Waals surface area contributed by atoms with Gasteiger partial charge in [-0.25, -0.2) is 4.98 Å². The molecule has 0 radical (unpaired) electrons. The molecule has 5 nitrogen and oxygen atoms in total. The van der Waals surface area contributed by atoms with Gasteiger partial charge in [-0.15, -0.1) is 0 Å². The van der Waals surface area contributed by atoms with Crippen LogP contribution in [0.1, 0.15) is 36.2 Å². The highest BCUT2D eigenvalue weighted by molar-refractivity contribution is 5.96. The minimum atomic E-state index is 0.0502. The number of anilines is 1. The summed E-state index contributed by atoms with van der Waals surface area (Å²) in [6.45, 7) is 6.06. The molecule has 168 valence electrons. The molecule has 4 aromatic rings. The van der Waals surface area contributed by atoms with Crippen molar-refractivity contribution in [3.8, 4) is 5.75 Å². The van der Waals surface area contributed by atoms with Crippen LogP contribution in [0.3, 0.4) is 0 Å². The molecule has 0 saturated carbocycles. The second-order valence-electron chi connectivity index (χ2n) is 8.65. The summed E-state index contributed by atoms with van der Waals surface area (Å²) in [5.74, 6) is 2.07. The van der Waals surface area contributed by atoms with Crippen LogP contribution in [0.5, 0.6) is 5.75 Å². The van der Waals surface area contributed by atoms with Gasteiger partial charge >= 0.3 is 0 Å². The Labute approximate surface area is 194 Å². The Morgan fingerprint density at radius 2 is 1.76 bits per heavy atom. The first-order chi connectivity index (χ1) is 16.1. The monoisotopic (exact) mass is 439 g/mol. The molecule has 1 aliphatic rings. The van der Waals surface area contributed by atoms with Crippen LogP contribution in [0, 0.1) is 6.92 Å². The number of ether oxygens (including phenoxy) is 1. The van der Waals surface area contributed by atoms with Gasteiger partial charge in [-0.3, -0.25) is 4.79 Å². The highest BCUT2D eigenvalue weighted by Gasteiger charge is 2.34. The van der Waals surface area contributed by atoms with Crippen LogP contribution in [-0.2, 0) is 17.8 Å². The number of benzene rings is 3. The maximum atomic E-state index is 12.9. The van der Waals surface area contributed by atoms with Crippen LogP contribution in [0.2, 0.25) is 0 Å². The molecule has 3 aromatic carbocycles. The molecule has 1 fully saturated rings. The summed E-state index contributed by atoms with van der Waals surface area (Å²) in [6.07, 6.45) is 1.46. The van der Waals surface area contributed by atoms with Crippen molar-refractivity contribution in [1.29, 1.82) is 0 Å². The third kappa shape index (κ3) is 4.23. The van der Waals surface area contributed by atoms with Crippen LogP contribution in [0.25, 0.3) is 11.0 Å². The molecule has 1 saturated heterocycles. The number of aromatic nitrogens is 2. The number of rotatable bonds is 7. The zero-order chi connectivity index (χ0) is 22.8. The summed E-state index contributed by atoms with van der Waals surface area (Å²) < 4.78 is 8.32. The van der Waals surface area contributed by atoms with Crippen molar-refractivity contribution in [3.63, 3.8) is 0 Å². The standard InChI is InChI=1S/C28H29N3O2/c1-3-21-12-14-23(15-13-21)31-19-22(18-27(31)32)28-29-24-9-5-6-10-25(24)30(28)16-17-33-26-11-7-4-8-20(26)2/h4-15,22H,3,16-19H2,1-2H3/t22-/m0/s1. The highest BCUT2D eigenvalue weighted by atomic mass is 16.5. The first-order valence-corrected chi connectivity index (χ1v) is 11.7. The summed E-state index contributed by atoms with van der Waals surface area (Å²) in [5.41, 5.74) is 5.41. The summed E-state index contributed by atoms with van der Waals surface area (Å²) in [4.78, 5) is 19.8. The molecule has 0 bridgehead atoms. The van der Waals surface area contributed by atoms with Gasteiger partial charge in [-0.1, -0.05) is 49.4 Å². The van der Waals surface area contributed by atoms with E-state index in [0.717, 1.165) is 40.3 Å². The number of carbonyl (C=O) groups excluding carboxylic acids is 1. The predicted octanol–water partition coefficient (Wildman–Crippen LogP) is 5.51. The molecule has 33 heavy (non-hydrogen) atoms. The van der Waals surface area contributed by atoms with Crippen LogP contribution >= 0.6 is 0 Å². The van der Waals surface area contributed by atoms with Gasteiger partial charge in [0.05, 0.1) is 17.6 Å². The maximum Gasteiger partial charge on any atom is 0.227 e. The van der Waals surface area contributed by atoms with Gasteiger partial charge in [0.25, 0.3) is 0 Å². The summed E-state index contributed by atoms with van der Waals surface area (Å²) in [6, 6.07) is 24.6. The van der Waals surface area contributed by atoms with Crippen molar-refractivity contribution in [1.82, 2.24) is 9.55 Å². The van der Waals surface area contributed by atoms with E-state index in [4.69, 9.17) is 9.72 Å². The fraction of sp³-hybridized carbons (Fsp3) is 0.286. The van der Waals surface area contributed by atoms with Gasteiger partial charge in [0.1, 0.15) is 18.2 Å². The molecule has 1 atom stereocenters. The van der Waals surface area contributed by atoms with Crippen LogP contribution in [-0.4, -0.2) is 28.6 Å². The molecule has 5 rings (SSSR count). The molecular weight excluding hydrogens is 410 g/mol. The number of para-hydroxylation sites is 3. The van der Waals surface area contributed by atoms with Gasteiger partial charge < -0.3 is 14.2 Å². The first-order valence-electron chi connectivity index (χ1n) is 11.7. The van der Waals surface area contributed by atoms with Crippen molar-refractivity contribution >= 4 is 22.6 Å². The number of imidazole rings is 1. The van der Waals surface area contributed by atoms with Gasteiger partial charge in [0, 0.05) is 24.6 Å². The lowest BCUT2D eigenvalue weighted by atomic mass is 10.1. The topological polar surface area (TPSA) is 47.4 Å². The van der Waals surface area contributed by atoms with Crippen LogP contribution in [0.15, 0.2) is 72.8 Å². The Hall–Kier alpha value is -3.60. The zero-order valence-corrected chi connectivity index (χ0v) is 19.2. The maximum absolute atomic E-state index is 12.9. The Morgan fingerprint density at radius 1 is 1.00 bits per heavy atom. The fourth-order valence-electron chi connectivity index (χ4n) is 4.65. The van der Waals surface area contributed by atoms with E-state index in [1.165, 1.54) is 5.56 Å². The number of aryl methyl sites for hydroxylation is 2. The number of fused-ring (bicyclic) bond motifs is 1. The van der Waals surface area contributed by atoms with Crippen molar-refractivity contribution in [3.05, 3.63) is 89.7 Å². The average Bonchev–Trinajstić information content (AvgIpc) is 3.41. The Morgan fingerprint density at radius 3 is 2.55 bits per heavy atom. The lowest BCUT2D eigenvalue weighted by Gasteiger charge is -2.18. The van der Waals surface area contributed by atoms with Crippen molar-refractivity contribution < 1.29 is 9.53 Å². The molecule has 1 aromatic heterocycles. The normalized spacial score (nSPS) is 16.0. The van der Waals surface area contributed by atoms with Crippen LogP contribution in [0.4, 0.5) is 5.69 Å². The van der Waals surface area contributed by atoms with Crippen molar-refractivity contribution in [2.45, 2.75) is 39.2 Å². The van der Waals surface area contributed by atoms with Gasteiger partial charge in [-0.2, -0.15) is 0 Å². The lowest BCUT2D eigenvalue weighted by Crippen LogP contribution is -2.24. The number of hydrogen-bond acceptors (Lipinski definition) is 3. The largest absolute Gasteiger partial charge is 0.491 e. The molecule has 0 N–H and O–H groups in total. The summed E-state index contributed by atoms with van der Waals surface area (Å²) in [5, 5.41) is 0. The minimum Gasteiger partial charge on any atom is -0.491 e. The minimum absolute atomic E-state index is 0.0502. The van der Waals surface area contributed by atoms with Gasteiger partial charge in [0.2, 0.25) is 5.91 Å². The molecular formula is C28H29N3O2. The molecule has 5 heteroatoms. The van der Waals surface area contributed by atoms with Crippen molar-refractivity contribution in [2.75, 3.05) is 18.1 Å². The Bertz CT molecular complexity index is 1280. The predicted molar refractivity (Wildman–Crippen MR) is 132 cm³/mol. The molecule has 0 unspecified atom stereocenters. The molecule has 1 aliphatic heterocycles. The van der Waals surface area contributed by atoms with Crippen molar-refractivity contribution in [2.24, 2.45) is 0 Å². The first kappa shape index (κ1) is 21.3. The van der Waals surface area contributed by atoms with Crippen LogP contribution < -0.4 is 9.64 Å². The third-order valence-electron chi connectivity index (χ3n) is 6.50. The number of carbonyl (C=O) groups is 1. The Kier molecular flexibility index (Phi) is 5.86. The molecule has 2 heterocycles. The van der Waals surface area contributed by atoms with E-state index in [-0.39, 0.29) is 11.8 Å². The number of hydrogen-bond donors (Lipinski definition) is 0. The van der Waals surface area contributed by atoms with E-state index in [1.807, 2.05) is 41.3 Å². The molecule has 0 spiro atoms. The van der Waals surface area contributed by atoms with Gasteiger partial charge in [0.15, 0.2) is 0 Å². The van der Waals surface area contributed by atoms with E-state index in [0.29, 0.717) is 26.1 Å². The summed E-state index contributed by atoms with van der Waals surface area (Å²) >= 11 is 0. The second kappa shape index (κ2) is 9.10. The zero-order valence-electron chi connectivity index (χ0n) is 19.2. The smallest absolute Gasteiger partial charge is 0.227 e. The fourth-order valence-corrected chi connectivity index (χ4v) is 4.65. The quantitative estimate of drug-likeness (QED) is 0.382. The van der Waals surface area contributed by atoms with E-state index in [9.17, 15) is 4.79 Å². The van der Waals surface area contributed by atoms with E-state index in [2.05, 4.69) is 54.8 Å². The highest BCUT2D eigenvalue weighted by Crippen LogP contribution is 2.33. The molecule has 0 aliphatic carbocycles. The van der Waals surface area contributed by atoms with Gasteiger partial charge in [-0.05, 0) is 54.8 Å². The SMILES string of the molecule is CCc1ccc(N2C[C@@H](c3nc4ccccc4n3CCOc3ccccc3C)CC2=O)cc1. The second-order valence-corrected chi connectivity index (χ2v) is 8.65.